The summed E-state index contributed by atoms with van der Waals surface area (Å²) in [5.41, 5.74) is 3.03. The second kappa shape index (κ2) is 7.39. The Morgan fingerprint density at radius 1 is 1.07 bits per heavy atom. The normalized spacial score (nSPS) is 11.0. The molecule has 2 aromatic carbocycles. The third kappa shape index (κ3) is 3.33. The molecule has 0 N–H and O–H groups in total. The third-order valence-corrected chi connectivity index (χ3v) is 5.12. The molecule has 4 aromatic rings. The van der Waals surface area contributed by atoms with E-state index in [2.05, 4.69) is 5.10 Å². The number of aryl methyl sites for hydroxylation is 1. The van der Waals surface area contributed by atoms with Gasteiger partial charge >= 0.3 is 0 Å². The molecule has 2 aromatic heterocycles. The zero-order valence-corrected chi connectivity index (χ0v) is 16.5. The summed E-state index contributed by atoms with van der Waals surface area (Å²) in [4.78, 5) is 25.7. The molecule has 0 unspecified atom stereocenters. The van der Waals surface area contributed by atoms with Gasteiger partial charge in [-0.25, -0.2) is 4.68 Å². The van der Waals surface area contributed by atoms with Crippen LogP contribution in [0.3, 0.4) is 0 Å². The van der Waals surface area contributed by atoms with Crippen LogP contribution in [0.25, 0.3) is 16.5 Å². The quantitative estimate of drug-likeness (QED) is 0.490. The molecule has 2 heterocycles. The van der Waals surface area contributed by atoms with Crippen LogP contribution in [0.15, 0.2) is 65.6 Å². The zero-order chi connectivity index (χ0) is 20.5. The second-order valence-corrected chi connectivity index (χ2v) is 6.94. The van der Waals surface area contributed by atoms with Crippen LogP contribution >= 0.6 is 0 Å². The van der Waals surface area contributed by atoms with Crippen molar-refractivity contribution in [2.75, 3.05) is 7.11 Å². The van der Waals surface area contributed by atoms with Crippen molar-refractivity contribution < 1.29 is 9.53 Å². The SMILES string of the molecule is COc1ccc(-n2c(C)cc(C(=O)Cn3ncc4ccccc4c3=O)c2C)cc1. The first-order valence-electron chi connectivity index (χ1n) is 9.31. The molecule has 0 fully saturated rings. The maximum Gasteiger partial charge on any atom is 0.275 e. The average molecular weight is 387 g/mol. The molecule has 0 amide bonds. The smallest absolute Gasteiger partial charge is 0.275 e. The first-order valence-corrected chi connectivity index (χ1v) is 9.31. The lowest BCUT2D eigenvalue weighted by Gasteiger charge is -2.11. The first kappa shape index (κ1) is 18.7. The number of rotatable bonds is 5. The van der Waals surface area contributed by atoms with Gasteiger partial charge in [-0.3, -0.25) is 9.59 Å². The highest BCUT2D eigenvalue weighted by Gasteiger charge is 2.18. The molecule has 0 saturated carbocycles. The number of ether oxygens (including phenoxy) is 1. The van der Waals surface area contributed by atoms with E-state index < -0.39 is 0 Å². The topological polar surface area (TPSA) is 66.1 Å². The number of ketones is 1. The number of carbonyl (C=O) groups excluding carboxylic acids is 1. The summed E-state index contributed by atoms with van der Waals surface area (Å²) in [5.74, 6) is 0.622. The standard InChI is InChI=1S/C23H21N3O3/c1-15-12-21(16(2)26(15)18-8-10-19(29-3)11-9-18)22(27)14-25-23(28)20-7-5-4-6-17(20)13-24-25/h4-13H,14H2,1-3H3. The van der Waals surface area contributed by atoms with Gasteiger partial charge in [-0.1, -0.05) is 18.2 Å². The van der Waals surface area contributed by atoms with Crippen LogP contribution in [-0.4, -0.2) is 27.2 Å². The van der Waals surface area contributed by atoms with Gasteiger partial charge in [-0.05, 0) is 50.2 Å². The summed E-state index contributed by atoms with van der Waals surface area (Å²) in [6.45, 7) is 3.76. The maximum atomic E-state index is 13.0. The number of hydrogen-bond donors (Lipinski definition) is 0. The fraction of sp³-hybridized carbons (Fsp3) is 0.174. The lowest BCUT2D eigenvalue weighted by Crippen LogP contribution is -2.26. The van der Waals surface area contributed by atoms with Crippen molar-refractivity contribution in [1.29, 1.82) is 0 Å². The number of fused-ring (bicyclic) bond motifs is 1. The summed E-state index contributed by atoms with van der Waals surface area (Å²) in [5, 5.41) is 5.49. The van der Waals surface area contributed by atoms with E-state index in [-0.39, 0.29) is 17.9 Å². The van der Waals surface area contributed by atoms with Gasteiger partial charge in [0.25, 0.3) is 5.56 Å². The molecule has 0 aliphatic carbocycles. The summed E-state index contributed by atoms with van der Waals surface area (Å²) < 4.78 is 8.46. The number of nitrogens with zero attached hydrogens (tertiary/aromatic N) is 3. The monoisotopic (exact) mass is 387 g/mol. The minimum Gasteiger partial charge on any atom is -0.497 e. The molecule has 0 spiro atoms. The summed E-state index contributed by atoms with van der Waals surface area (Å²) in [6, 6.07) is 16.8. The van der Waals surface area contributed by atoms with E-state index in [1.807, 2.05) is 60.9 Å². The van der Waals surface area contributed by atoms with E-state index in [1.54, 1.807) is 25.4 Å². The van der Waals surface area contributed by atoms with Crippen LogP contribution in [0.4, 0.5) is 0 Å². The van der Waals surface area contributed by atoms with Crippen LogP contribution in [0.5, 0.6) is 5.75 Å². The molecule has 0 atom stereocenters. The van der Waals surface area contributed by atoms with E-state index in [0.717, 1.165) is 28.2 Å². The van der Waals surface area contributed by atoms with Crippen molar-refractivity contribution in [3.8, 4) is 11.4 Å². The fourth-order valence-electron chi connectivity index (χ4n) is 3.64. The molecule has 29 heavy (non-hydrogen) atoms. The van der Waals surface area contributed by atoms with Crippen molar-refractivity contribution in [3.05, 3.63) is 88.1 Å². The van der Waals surface area contributed by atoms with E-state index in [9.17, 15) is 9.59 Å². The van der Waals surface area contributed by atoms with Gasteiger partial charge < -0.3 is 9.30 Å². The Balaban J connectivity index is 1.68. The lowest BCUT2D eigenvalue weighted by molar-refractivity contribution is 0.0965. The minimum absolute atomic E-state index is 0.101. The molecular weight excluding hydrogens is 366 g/mol. The van der Waals surface area contributed by atoms with Gasteiger partial charge in [0, 0.05) is 28.0 Å². The Kier molecular flexibility index (Phi) is 4.76. The Morgan fingerprint density at radius 3 is 2.52 bits per heavy atom. The van der Waals surface area contributed by atoms with Crippen molar-refractivity contribution >= 4 is 16.6 Å². The molecular formula is C23H21N3O3. The highest BCUT2D eigenvalue weighted by molar-refractivity contribution is 5.97. The van der Waals surface area contributed by atoms with Crippen molar-refractivity contribution in [1.82, 2.24) is 14.3 Å². The van der Waals surface area contributed by atoms with E-state index in [0.29, 0.717) is 10.9 Å². The van der Waals surface area contributed by atoms with Crippen LogP contribution < -0.4 is 10.3 Å². The molecule has 146 valence electrons. The Morgan fingerprint density at radius 2 is 1.79 bits per heavy atom. The molecule has 0 aliphatic rings. The number of methoxy groups -OCH3 is 1. The van der Waals surface area contributed by atoms with Crippen LogP contribution in [0.1, 0.15) is 21.7 Å². The highest BCUT2D eigenvalue weighted by atomic mass is 16.5. The maximum absolute atomic E-state index is 13.0. The van der Waals surface area contributed by atoms with Crippen molar-refractivity contribution in [3.63, 3.8) is 0 Å². The fourth-order valence-corrected chi connectivity index (χ4v) is 3.64. The van der Waals surface area contributed by atoms with E-state index in [4.69, 9.17) is 4.74 Å². The number of aromatic nitrogens is 3. The second-order valence-electron chi connectivity index (χ2n) is 6.94. The zero-order valence-electron chi connectivity index (χ0n) is 16.5. The predicted octanol–water partition coefficient (Wildman–Crippen LogP) is 3.70. The third-order valence-electron chi connectivity index (χ3n) is 5.12. The summed E-state index contributed by atoms with van der Waals surface area (Å²) >= 11 is 0. The average Bonchev–Trinajstić information content (AvgIpc) is 3.04. The largest absolute Gasteiger partial charge is 0.497 e. The van der Waals surface area contributed by atoms with Crippen LogP contribution in [0, 0.1) is 13.8 Å². The number of carbonyl (C=O) groups is 1. The van der Waals surface area contributed by atoms with Gasteiger partial charge in [-0.15, -0.1) is 0 Å². The molecule has 4 rings (SSSR count). The van der Waals surface area contributed by atoms with E-state index >= 15 is 0 Å². The van der Waals surface area contributed by atoms with Crippen LogP contribution in [0.2, 0.25) is 0 Å². The van der Waals surface area contributed by atoms with Crippen molar-refractivity contribution in [2.24, 2.45) is 0 Å². The molecule has 6 nitrogen and oxygen atoms in total. The molecule has 6 heteroatoms. The minimum atomic E-state index is -0.264. The molecule has 0 saturated heterocycles. The Bertz CT molecular complexity index is 1270. The number of hydrogen-bond acceptors (Lipinski definition) is 4. The predicted molar refractivity (Wildman–Crippen MR) is 112 cm³/mol. The molecule has 0 radical (unpaired) electrons. The van der Waals surface area contributed by atoms with E-state index in [1.165, 1.54) is 4.68 Å². The number of Topliss-reactive ketones (excluding diaryl/α,β-unsaturated/α-hetero) is 1. The summed E-state index contributed by atoms with van der Waals surface area (Å²) in [7, 11) is 1.63. The first-order chi connectivity index (χ1) is 14.0. The van der Waals surface area contributed by atoms with Gasteiger partial charge in [0.1, 0.15) is 12.3 Å². The lowest BCUT2D eigenvalue weighted by atomic mass is 10.1. The van der Waals surface area contributed by atoms with Gasteiger partial charge in [0.05, 0.1) is 18.7 Å². The highest BCUT2D eigenvalue weighted by Crippen LogP contribution is 2.23. The summed E-state index contributed by atoms with van der Waals surface area (Å²) in [6.07, 6.45) is 1.62. The van der Waals surface area contributed by atoms with Gasteiger partial charge in [0.2, 0.25) is 0 Å². The Labute approximate surface area is 168 Å². The van der Waals surface area contributed by atoms with Crippen LogP contribution in [-0.2, 0) is 6.54 Å². The van der Waals surface area contributed by atoms with Gasteiger partial charge in [-0.2, -0.15) is 5.10 Å². The number of benzene rings is 2. The molecule has 0 aliphatic heterocycles. The Hall–Kier alpha value is -3.67. The van der Waals surface area contributed by atoms with Crippen molar-refractivity contribution in [2.45, 2.75) is 20.4 Å². The van der Waals surface area contributed by atoms with Gasteiger partial charge in [0.15, 0.2) is 5.78 Å². The molecule has 0 bridgehead atoms.